The molecule has 96 valence electrons. The minimum Gasteiger partial charge on any atom is -0.341 e. The fraction of sp³-hybridized carbons (Fsp3) is 0.455. The van der Waals surface area contributed by atoms with Crippen molar-refractivity contribution in [1.82, 2.24) is 15.0 Å². The highest BCUT2D eigenvalue weighted by Crippen LogP contribution is 2.54. The number of halogens is 4. The molecule has 1 fully saturated rings. The molecule has 0 radical (unpaired) electrons. The summed E-state index contributed by atoms with van der Waals surface area (Å²) in [6.45, 7) is 0. The quantitative estimate of drug-likeness (QED) is 0.870. The summed E-state index contributed by atoms with van der Waals surface area (Å²) in [5.74, 6) is 0. The maximum Gasteiger partial charge on any atom is 0.399 e. The molecule has 0 spiro atoms. The molecule has 1 saturated carbocycles. The van der Waals surface area contributed by atoms with E-state index in [2.05, 4.69) is 30.9 Å². The van der Waals surface area contributed by atoms with E-state index in [-0.39, 0.29) is 18.5 Å². The Bertz CT molecular complexity index is 601. The Morgan fingerprint density at radius 3 is 2.61 bits per heavy atom. The van der Waals surface area contributed by atoms with Gasteiger partial charge in [0.25, 0.3) is 0 Å². The van der Waals surface area contributed by atoms with E-state index in [1.807, 2.05) is 0 Å². The second kappa shape index (κ2) is 3.69. The van der Waals surface area contributed by atoms with Gasteiger partial charge < -0.3 is 4.98 Å². The molecule has 18 heavy (non-hydrogen) atoms. The zero-order valence-corrected chi connectivity index (χ0v) is 10.8. The van der Waals surface area contributed by atoms with Crippen molar-refractivity contribution in [3.63, 3.8) is 0 Å². The molecule has 7 heteroatoms. The van der Waals surface area contributed by atoms with Gasteiger partial charge in [-0.2, -0.15) is 13.2 Å². The average Bonchev–Trinajstić information content (AvgIpc) is 2.55. The highest BCUT2D eigenvalue weighted by molar-refractivity contribution is 9.10. The van der Waals surface area contributed by atoms with Crippen LogP contribution in [0.3, 0.4) is 0 Å². The van der Waals surface area contributed by atoms with Crippen LogP contribution in [-0.4, -0.2) is 21.1 Å². The van der Waals surface area contributed by atoms with Crippen molar-refractivity contribution >= 4 is 27.1 Å². The van der Waals surface area contributed by atoms with Crippen molar-refractivity contribution in [2.75, 3.05) is 0 Å². The Hall–Kier alpha value is -1.11. The number of alkyl halides is 3. The van der Waals surface area contributed by atoms with Crippen molar-refractivity contribution in [2.24, 2.45) is 0 Å². The molecule has 2 aromatic heterocycles. The largest absolute Gasteiger partial charge is 0.399 e. The first-order valence-electron chi connectivity index (χ1n) is 5.51. The lowest BCUT2D eigenvalue weighted by Crippen LogP contribution is -2.48. The number of rotatable bonds is 1. The first kappa shape index (κ1) is 12.0. The van der Waals surface area contributed by atoms with E-state index in [0.717, 1.165) is 0 Å². The Kier molecular flexibility index (Phi) is 2.45. The molecule has 1 aliphatic carbocycles. The van der Waals surface area contributed by atoms with Crippen LogP contribution in [0.2, 0.25) is 0 Å². The normalized spacial score (nSPS) is 18.9. The number of hydrogen-bond donors (Lipinski definition) is 1. The van der Waals surface area contributed by atoms with Crippen molar-refractivity contribution in [2.45, 2.75) is 30.9 Å². The van der Waals surface area contributed by atoms with E-state index in [1.165, 1.54) is 12.3 Å². The van der Waals surface area contributed by atoms with Gasteiger partial charge in [0.1, 0.15) is 15.5 Å². The lowest BCUT2D eigenvalue weighted by Gasteiger charge is -2.42. The summed E-state index contributed by atoms with van der Waals surface area (Å²) in [5, 5.41) is 0. The molecule has 0 unspecified atom stereocenters. The minimum atomic E-state index is -4.23. The first-order valence-corrected chi connectivity index (χ1v) is 6.30. The molecule has 0 atom stereocenters. The highest BCUT2D eigenvalue weighted by atomic mass is 79.9. The topological polar surface area (TPSA) is 41.6 Å². The summed E-state index contributed by atoms with van der Waals surface area (Å²) >= 11 is 3.15. The maximum atomic E-state index is 13.2. The number of nitrogens with zero attached hydrogens (tertiary/aromatic N) is 2. The number of hydrogen-bond acceptors (Lipinski definition) is 2. The van der Waals surface area contributed by atoms with Crippen molar-refractivity contribution < 1.29 is 13.2 Å². The minimum absolute atomic E-state index is 0.129. The highest BCUT2D eigenvalue weighted by Gasteiger charge is 2.60. The molecule has 0 aliphatic heterocycles. The molecule has 0 amide bonds. The Labute approximate surface area is 109 Å². The van der Waals surface area contributed by atoms with Crippen LogP contribution >= 0.6 is 15.9 Å². The van der Waals surface area contributed by atoms with E-state index < -0.39 is 11.6 Å². The van der Waals surface area contributed by atoms with E-state index in [4.69, 9.17) is 0 Å². The van der Waals surface area contributed by atoms with E-state index in [9.17, 15) is 13.2 Å². The van der Waals surface area contributed by atoms with Gasteiger partial charge in [-0.05, 0) is 34.8 Å². The van der Waals surface area contributed by atoms with Crippen LogP contribution < -0.4 is 0 Å². The van der Waals surface area contributed by atoms with Crippen molar-refractivity contribution in [1.29, 1.82) is 0 Å². The second-order valence-electron chi connectivity index (χ2n) is 4.54. The Morgan fingerprint density at radius 2 is 2.06 bits per heavy atom. The number of fused-ring (bicyclic) bond motifs is 1. The first-order chi connectivity index (χ1) is 8.42. The lowest BCUT2D eigenvalue weighted by molar-refractivity contribution is -0.213. The molecule has 0 aromatic carbocycles. The van der Waals surface area contributed by atoms with Gasteiger partial charge in [-0.15, -0.1) is 0 Å². The van der Waals surface area contributed by atoms with E-state index in [0.29, 0.717) is 22.2 Å². The summed E-state index contributed by atoms with van der Waals surface area (Å²) in [5.41, 5.74) is -0.713. The third kappa shape index (κ3) is 1.56. The van der Waals surface area contributed by atoms with Crippen LogP contribution in [0.1, 0.15) is 25.0 Å². The van der Waals surface area contributed by atoms with Crippen LogP contribution in [0.15, 0.2) is 16.9 Å². The zero-order valence-electron chi connectivity index (χ0n) is 9.18. The van der Waals surface area contributed by atoms with Crippen LogP contribution in [0, 0.1) is 0 Å². The monoisotopic (exact) mass is 319 g/mol. The SMILES string of the molecule is FC(F)(F)C1(c2cc3ncc(Br)nc3[nH]2)CCC1. The molecule has 1 N–H and O–H groups in total. The lowest BCUT2D eigenvalue weighted by atomic mass is 9.66. The van der Waals surface area contributed by atoms with Gasteiger partial charge in [0.2, 0.25) is 0 Å². The summed E-state index contributed by atoms with van der Waals surface area (Å²) < 4.78 is 40.0. The summed E-state index contributed by atoms with van der Waals surface area (Å²) in [7, 11) is 0. The molecule has 2 aromatic rings. The number of nitrogens with one attached hydrogen (secondary N) is 1. The van der Waals surface area contributed by atoms with Gasteiger partial charge in [-0.25, -0.2) is 4.98 Å². The van der Waals surface area contributed by atoms with Gasteiger partial charge in [0.15, 0.2) is 5.65 Å². The predicted octanol–water partition coefficient (Wildman–Crippen LogP) is 3.70. The Morgan fingerprint density at radius 1 is 1.33 bits per heavy atom. The summed E-state index contributed by atoms with van der Waals surface area (Å²) in [6.07, 6.45) is -1.90. The van der Waals surface area contributed by atoms with Crippen molar-refractivity contribution in [3.05, 3.63) is 22.6 Å². The van der Waals surface area contributed by atoms with Gasteiger partial charge in [0.05, 0.1) is 6.20 Å². The molecular formula is C11H9BrF3N3. The van der Waals surface area contributed by atoms with Crippen LogP contribution in [0.4, 0.5) is 13.2 Å². The third-order valence-electron chi connectivity index (χ3n) is 3.57. The molecular weight excluding hydrogens is 311 g/mol. The van der Waals surface area contributed by atoms with E-state index in [1.54, 1.807) is 0 Å². The van der Waals surface area contributed by atoms with Crippen LogP contribution in [-0.2, 0) is 5.41 Å². The number of H-pyrrole nitrogens is 1. The predicted molar refractivity (Wildman–Crippen MR) is 63.2 cm³/mol. The molecule has 2 heterocycles. The second-order valence-corrected chi connectivity index (χ2v) is 5.36. The number of aromatic nitrogens is 3. The zero-order chi connectivity index (χ0) is 13.0. The molecule has 0 bridgehead atoms. The molecule has 3 nitrogen and oxygen atoms in total. The van der Waals surface area contributed by atoms with E-state index >= 15 is 0 Å². The van der Waals surface area contributed by atoms with Crippen LogP contribution in [0.5, 0.6) is 0 Å². The fourth-order valence-electron chi connectivity index (χ4n) is 2.37. The average molecular weight is 320 g/mol. The van der Waals surface area contributed by atoms with Crippen molar-refractivity contribution in [3.8, 4) is 0 Å². The molecule has 1 aliphatic rings. The van der Waals surface area contributed by atoms with Gasteiger partial charge in [-0.1, -0.05) is 6.42 Å². The molecule has 0 saturated heterocycles. The fourth-order valence-corrected chi connectivity index (χ4v) is 2.65. The van der Waals surface area contributed by atoms with Crippen LogP contribution in [0.25, 0.3) is 11.2 Å². The van der Waals surface area contributed by atoms with Gasteiger partial charge in [0, 0.05) is 5.69 Å². The van der Waals surface area contributed by atoms with Gasteiger partial charge in [-0.3, -0.25) is 4.98 Å². The number of aromatic amines is 1. The molecule has 3 rings (SSSR count). The smallest absolute Gasteiger partial charge is 0.341 e. The summed E-state index contributed by atoms with van der Waals surface area (Å²) in [6, 6.07) is 1.46. The summed E-state index contributed by atoms with van der Waals surface area (Å²) in [4.78, 5) is 10.9. The third-order valence-corrected chi connectivity index (χ3v) is 3.95. The standard InChI is InChI=1S/C11H9BrF3N3/c12-8-5-16-6-4-7(17-9(6)18-8)10(2-1-3-10)11(13,14)15/h4-5H,1-3H2,(H,17,18). The maximum absolute atomic E-state index is 13.2. The Balaban J connectivity index is 2.14. The van der Waals surface area contributed by atoms with Gasteiger partial charge >= 0.3 is 6.18 Å².